The third kappa shape index (κ3) is 4.09. The maximum absolute atomic E-state index is 12.2. The fourth-order valence-electron chi connectivity index (χ4n) is 2.35. The van der Waals surface area contributed by atoms with Crippen LogP contribution in [0.3, 0.4) is 0 Å². The smallest absolute Gasteiger partial charge is 0.406 e. The Kier molecular flexibility index (Phi) is 4.85. The van der Waals surface area contributed by atoms with Crippen LogP contribution in [0.15, 0.2) is 24.3 Å². The van der Waals surface area contributed by atoms with E-state index in [1.54, 1.807) is 6.07 Å². The zero-order chi connectivity index (χ0) is 14.6. The molecule has 0 radical (unpaired) electrons. The van der Waals surface area contributed by atoms with Crippen molar-refractivity contribution in [2.45, 2.75) is 37.8 Å². The van der Waals surface area contributed by atoms with Crippen LogP contribution in [0.25, 0.3) is 0 Å². The summed E-state index contributed by atoms with van der Waals surface area (Å²) in [6.07, 6.45) is -2.02. The van der Waals surface area contributed by atoms with Gasteiger partial charge in [-0.2, -0.15) is 0 Å². The highest BCUT2D eigenvalue weighted by Gasteiger charge is 2.32. The summed E-state index contributed by atoms with van der Waals surface area (Å²) in [5, 5.41) is 0. The number of hydrogen-bond acceptors (Lipinski definition) is 4. The Bertz CT molecular complexity index is 434. The number of hydrazine groups is 1. The second kappa shape index (κ2) is 6.43. The Labute approximate surface area is 115 Å². The van der Waals surface area contributed by atoms with E-state index < -0.39 is 6.36 Å². The first-order chi connectivity index (χ1) is 9.49. The van der Waals surface area contributed by atoms with Crippen molar-refractivity contribution in [1.82, 2.24) is 5.43 Å². The first-order valence-electron chi connectivity index (χ1n) is 6.43. The normalized spacial score (nSPS) is 21.5. The average molecular weight is 290 g/mol. The van der Waals surface area contributed by atoms with E-state index in [1.165, 1.54) is 18.2 Å². The molecule has 0 saturated carbocycles. The van der Waals surface area contributed by atoms with Crippen LogP contribution in [0.1, 0.15) is 30.9 Å². The maximum Gasteiger partial charge on any atom is 0.573 e. The molecule has 0 bridgehead atoms. The first kappa shape index (κ1) is 15.1. The topological polar surface area (TPSA) is 56.5 Å². The third-order valence-electron chi connectivity index (χ3n) is 3.22. The lowest BCUT2D eigenvalue weighted by Gasteiger charge is -2.30. The number of halogens is 3. The summed E-state index contributed by atoms with van der Waals surface area (Å²) in [4.78, 5) is 0. The highest BCUT2D eigenvalue weighted by Crippen LogP contribution is 2.29. The summed E-state index contributed by atoms with van der Waals surface area (Å²) in [5.41, 5.74) is 3.23. The van der Waals surface area contributed by atoms with E-state index in [0.29, 0.717) is 12.2 Å². The van der Waals surface area contributed by atoms with Crippen molar-refractivity contribution in [2.24, 2.45) is 5.84 Å². The molecule has 0 spiro atoms. The number of rotatable bonds is 4. The van der Waals surface area contributed by atoms with Gasteiger partial charge in [-0.3, -0.25) is 11.3 Å². The van der Waals surface area contributed by atoms with Gasteiger partial charge in [0.1, 0.15) is 5.75 Å². The number of hydrogen-bond donors (Lipinski definition) is 2. The average Bonchev–Trinajstić information content (AvgIpc) is 2.39. The Morgan fingerprint density at radius 2 is 2.15 bits per heavy atom. The van der Waals surface area contributed by atoms with Gasteiger partial charge < -0.3 is 9.47 Å². The van der Waals surface area contributed by atoms with Gasteiger partial charge in [0.25, 0.3) is 0 Å². The zero-order valence-electron chi connectivity index (χ0n) is 10.8. The van der Waals surface area contributed by atoms with Crippen LogP contribution in [-0.2, 0) is 4.74 Å². The Morgan fingerprint density at radius 3 is 2.75 bits per heavy atom. The second-order valence-electron chi connectivity index (χ2n) is 4.67. The lowest BCUT2D eigenvalue weighted by atomic mass is 9.96. The fourth-order valence-corrected chi connectivity index (χ4v) is 2.35. The number of alkyl halides is 3. The van der Waals surface area contributed by atoms with Gasteiger partial charge in [0.05, 0.1) is 12.1 Å². The highest BCUT2D eigenvalue weighted by molar-refractivity contribution is 5.31. The molecule has 1 aromatic rings. The van der Waals surface area contributed by atoms with Crippen LogP contribution in [0, 0.1) is 0 Å². The molecule has 2 rings (SSSR count). The minimum absolute atomic E-state index is 0.144. The van der Waals surface area contributed by atoms with E-state index in [4.69, 9.17) is 10.6 Å². The molecular weight excluding hydrogens is 273 g/mol. The van der Waals surface area contributed by atoms with Gasteiger partial charge in [-0.15, -0.1) is 13.2 Å². The molecule has 2 unspecified atom stereocenters. The van der Waals surface area contributed by atoms with Gasteiger partial charge in [-0.05, 0) is 37.0 Å². The van der Waals surface area contributed by atoms with E-state index in [-0.39, 0.29) is 17.9 Å². The fraction of sp³-hybridized carbons (Fsp3) is 0.538. The summed E-state index contributed by atoms with van der Waals surface area (Å²) in [6.45, 7) is 0.640. The number of benzene rings is 1. The lowest BCUT2D eigenvalue weighted by Crippen LogP contribution is -2.39. The van der Waals surface area contributed by atoms with Gasteiger partial charge >= 0.3 is 6.36 Å². The number of nitrogens with two attached hydrogens (primary N) is 1. The van der Waals surface area contributed by atoms with Crippen molar-refractivity contribution in [3.8, 4) is 5.75 Å². The molecule has 0 aliphatic carbocycles. The van der Waals surface area contributed by atoms with Crippen LogP contribution in [-0.4, -0.2) is 19.1 Å². The Hall–Kier alpha value is -1.31. The molecule has 1 aromatic carbocycles. The molecule has 1 saturated heterocycles. The standard InChI is InChI=1S/C13H17F3N2O2/c14-13(15,16)20-10-5-3-4-9(8-10)12(18-17)11-6-1-2-7-19-11/h3-5,8,11-12,18H,1-2,6-7,17H2. The van der Waals surface area contributed by atoms with E-state index in [9.17, 15) is 13.2 Å². The van der Waals surface area contributed by atoms with Gasteiger partial charge in [0.15, 0.2) is 0 Å². The van der Waals surface area contributed by atoms with E-state index in [2.05, 4.69) is 10.2 Å². The van der Waals surface area contributed by atoms with Gasteiger partial charge in [-0.25, -0.2) is 0 Å². The Morgan fingerprint density at radius 1 is 1.35 bits per heavy atom. The molecule has 2 atom stereocenters. The van der Waals surface area contributed by atoms with Crippen LogP contribution >= 0.6 is 0 Å². The molecule has 7 heteroatoms. The van der Waals surface area contributed by atoms with Crippen molar-refractivity contribution in [2.75, 3.05) is 6.61 Å². The van der Waals surface area contributed by atoms with Crippen molar-refractivity contribution < 1.29 is 22.6 Å². The molecule has 1 heterocycles. The summed E-state index contributed by atoms with van der Waals surface area (Å²) in [7, 11) is 0. The van der Waals surface area contributed by atoms with Gasteiger partial charge in [-0.1, -0.05) is 12.1 Å². The molecular formula is C13H17F3N2O2. The number of ether oxygens (including phenoxy) is 2. The van der Waals surface area contributed by atoms with Crippen molar-refractivity contribution >= 4 is 0 Å². The van der Waals surface area contributed by atoms with Crippen LogP contribution in [0.5, 0.6) is 5.75 Å². The van der Waals surface area contributed by atoms with E-state index in [0.717, 1.165) is 19.3 Å². The lowest BCUT2D eigenvalue weighted by molar-refractivity contribution is -0.274. The van der Waals surface area contributed by atoms with Crippen molar-refractivity contribution in [3.63, 3.8) is 0 Å². The molecule has 1 fully saturated rings. The summed E-state index contributed by atoms with van der Waals surface area (Å²) in [6, 6.07) is 5.43. The van der Waals surface area contributed by atoms with E-state index >= 15 is 0 Å². The van der Waals surface area contributed by atoms with Gasteiger partial charge in [0.2, 0.25) is 0 Å². The minimum atomic E-state index is -4.70. The Balaban J connectivity index is 2.14. The quantitative estimate of drug-likeness (QED) is 0.661. The highest BCUT2D eigenvalue weighted by atomic mass is 19.4. The van der Waals surface area contributed by atoms with Gasteiger partial charge in [0, 0.05) is 6.61 Å². The summed E-state index contributed by atoms with van der Waals surface area (Å²) < 4.78 is 46.2. The van der Waals surface area contributed by atoms with E-state index in [1.807, 2.05) is 0 Å². The molecule has 1 aliphatic heterocycles. The molecule has 20 heavy (non-hydrogen) atoms. The maximum atomic E-state index is 12.2. The molecule has 0 amide bonds. The SMILES string of the molecule is NNC(c1cccc(OC(F)(F)F)c1)C1CCCCO1. The largest absolute Gasteiger partial charge is 0.573 e. The molecule has 0 aromatic heterocycles. The first-order valence-corrected chi connectivity index (χ1v) is 6.43. The number of nitrogens with one attached hydrogen (secondary N) is 1. The predicted octanol–water partition coefficient (Wildman–Crippen LogP) is 2.66. The minimum Gasteiger partial charge on any atom is -0.406 e. The van der Waals surface area contributed by atoms with Crippen molar-refractivity contribution in [1.29, 1.82) is 0 Å². The monoisotopic (exact) mass is 290 g/mol. The second-order valence-corrected chi connectivity index (χ2v) is 4.67. The molecule has 4 nitrogen and oxygen atoms in total. The molecule has 3 N–H and O–H groups in total. The van der Waals surface area contributed by atoms with Crippen LogP contribution < -0.4 is 16.0 Å². The third-order valence-corrected chi connectivity index (χ3v) is 3.22. The van der Waals surface area contributed by atoms with Crippen LogP contribution in [0.4, 0.5) is 13.2 Å². The van der Waals surface area contributed by atoms with Crippen molar-refractivity contribution in [3.05, 3.63) is 29.8 Å². The zero-order valence-corrected chi connectivity index (χ0v) is 10.8. The predicted molar refractivity (Wildman–Crippen MR) is 66.8 cm³/mol. The summed E-state index contributed by atoms with van der Waals surface area (Å²) >= 11 is 0. The van der Waals surface area contributed by atoms with Crippen LogP contribution in [0.2, 0.25) is 0 Å². The molecule has 112 valence electrons. The molecule has 1 aliphatic rings. The summed E-state index contributed by atoms with van der Waals surface area (Å²) in [5.74, 6) is 5.26.